The molecule has 3 heterocycles. The first kappa shape index (κ1) is 15.4. The predicted molar refractivity (Wildman–Crippen MR) is 85.1 cm³/mol. The molecular weight excluding hydrogens is 328 g/mol. The molecule has 0 spiro atoms. The first-order valence-electron chi connectivity index (χ1n) is 7.68. The number of nitrogens with zero attached hydrogens (tertiary/aromatic N) is 4. The molecule has 1 N–H and O–H groups in total. The molecule has 25 heavy (non-hydrogen) atoms. The Morgan fingerprint density at radius 1 is 1.16 bits per heavy atom. The average molecular weight is 341 g/mol. The smallest absolute Gasteiger partial charge is 0.237 e. The quantitative estimate of drug-likeness (QED) is 0.741. The van der Waals surface area contributed by atoms with Gasteiger partial charge in [0.15, 0.2) is 5.82 Å². The van der Waals surface area contributed by atoms with Crippen LogP contribution in [-0.4, -0.2) is 25.7 Å². The SMILES string of the molecule is O=C(Nc1ccn(-c2ccnc(F)c2)n1)C1(c2ncccc2F)CC1. The van der Waals surface area contributed by atoms with Crippen molar-refractivity contribution in [2.24, 2.45) is 0 Å². The normalized spacial score (nSPS) is 15.0. The summed E-state index contributed by atoms with van der Waals surface area (Å²) in [5.74, 6) is -1.17. The van der Waals surface area contributed by atoms with Crippen LogP contribution in [0.2, 0.25) is 0 Å². The first-order valence-corrected chi connectivity index (χ1v) is 7.68. The molecule has 1 aliphatic rings. The second-order valence-electron chi connectivity index (χ2n) is 5.85. The molecule has 3 aromatic heterocycles. The van der Waals surface area contributed by atoms with E-state index in [2.05, 4.69) is 20.4 Å². The lowest BCUT2D eigenvalue weighted by atomic mass is 10.00. The highest BCUT2D eigenvalue weighted by atomic mass is 19.1. The molecule has 1 saturated carbocycles. The molecule has 0 unspecified atom stereocenters. The van der Waals surface area contributed by atoms with E-state index < -0.39 is 17.2 Å². The number of anilines is 1. The number of rotatable bonds is 4. The van der Waals surface area contributed by atoms with Crippen LogP contribution in [0.4, 0.5) is 14.6 Å². The number of pyridine rings is 2. The van der Waals surface area contributed by atoms with Gasteiger partial charge in [0.25, 0.3) is 0 Å². The fourth-order valence-corrected chi connectivity index (χ4v) is 2.74. The Morgan fingerprint density at radius 2 is 2.00 bits per heavy atom. The molecule has 0 aliphatic heterocycles. The zero-order valence-corrected chi connectivity index (χ0v) is 13.0. The maximum Gasteiger partial charge on any atom is 0.237 e. The third-order valence-corrected chi connectivity index (χ3v) is 4.20. The Kier molecular flexibility index (Phi) is 3.52. The van der Waals surface area contributed by atoms with E-state index in [9.17, 15) is 13.6 Å². The van der Waals surface area contributed by atoms with E-state index in [0.717, 1.165) is 0 Å². The van der Waals surface area contributed by atoms with Crippen LogP contribution in [0, 0.1) is 11.8 Å². The highest BCUT2D eigenvalue weighted by Crippen LogP contribution is 2.48. The van der Waals surface area contributed by atoms with Crippen molar-refractivity contribution < 1.29 is 13.6 Å². The highest BCUT2D eigenvalue weighted by Gasteiger charge is 2.54. The van der Waals surface area contributed by atoms with E-state index in [1.807, 2.05) is 0 Å². The summed E-state index contributed by atoms with van der Waals surface area (Å²) in [4.78, 5) is 20.1. The summed E-state index contributed by atoms with van der Waals surface area (Å²) < 4.78 is 28.6. The Morgan fingerprint density at radius 3 is 2.72 bits per heavy atom. The summed E-state index contributed by atoms with van der Waals surface area (Å²) in [6, 6.07) is 7.18. The van der Waals surface area contributed by atoms with Gasteiger partial charge in [0.05, 0.1) is 16.8 Å². The van der Waals surface area contributed by atoms with Crippen molar-refractivity contribution in [1.82, 2.24) is 19.7 Å². The van der Waals surface area contributed by atoms with Crippen molar-refractivity contribution in [3.8, 4) is 5.69 Å². The first-order chi connectivity index (χ1) is 12.1. The van der Waals surface area contributed by atoms with E-state index >= 15 is 0 Å². The minimum atomic E-state index is -0.947. The Hall–Kier alpha value is -3.16. The van der Waals surface area contributed by atoms with E-state index in [-0.39, 0.29) is 11.6 Å². The molecule has 0 saturated heterocycles. The number of halogens is 2. The van der Waals surface area contributed by atoms with Crippen LogP contribution >= 0.6 is 0 Å². The molecular formula is C17H13F2N5O. The summed E-state index contributed by atoms with van der Waals surface area (Å²) in [5, 5.41) is 6.88. The van der Waals surface area contributed by atoms with E-state index in [4.69, 9.17) is 0 Å². The second-order valence-corrected chi connectivity index (χ2v) is 5.85. The molecule has 1 aliphatic carbocycles. The van der Waals surface area contributed by atoms with Crippen molar-refractivity contribution in [2.45, 2.75) is 18.3 Å². The topological polar surface area (TPSA) is 72.7 Å². The summed E-state index contributed by atoms with van der Waals surface area (Å²) in [5.41, 5.74) is -0.314. The van der Waals surface area contributed by atoms with Gasteiger partial charge in [0.1, 0.15) is 5.82 Å². The van der Waals surface area contributed by atoms with Gasteiger partial charge in [-0.05, 0) is 31.0 Å². The summed E-state index contributed by atoms with van der Waals surface area (Å²) in [6.45, 7) is 0. The predicted octanol–water partition coefficient (Wildman–Crippen LogP) is 2.61. The van der Waals surface area contributed by atoms with E-state index in [0.29, 0.717) is 24.3 Å². The zero-order valence-electron chi connectivity index (χ0n) is 13.0. The Labute approximate surface area is 141 Å². The lowest BCUT2D eigenvalue weighted by Crippen LogP contribution is -2.29. The van der Waals surface area contributed by atoms with E-state index in [1.165, 1.54) is 35.3 Å². The van der Waals surface area contributed by atoms with Crippen LogP contribution in [-0.2, 0) is 10.2 Å². The van der Waals surface area contributed by atoms with Gasteiger partial charge in [-0.1, -0.05) is 0 Å². The molecule has 1 fully saturated rings. The summed E-state index contributed by atoms with van der Waals surface area (Å²) in [7, 11) is 0. The summed E-state index contributed by atoms with van der Waals surface area (Å²) in [6.07, 6.45) is 5.45. The average Bonchev–Trinajstić information content (AvgIpc) is 3.28. The fraction of sp³-hybridized carbons (Fsp3) is 0.176. The van der Waals surface area contributed by atoms with Gasteiger partial charge in [0.2, 0.25) is 11.9 Å². The van der Waals surface area contributed by atoms with Gasteiger partial charge in [-0.3, -0.25) is 9.78 Å². The Bertz CT molecular complexity index is 951. The molecule has 8 heteroatoms. The third kappa shape index (κ3) is 2.75. The van der Waals surface area contributed by atoms with Crippen molar-refractivity contribution in [3.05, 3.63) is 66.4 Å². The Balaban J connectivity index is 1.55. The lowest BCUT2D eigenvalue weighted by molar-refractivity contribution is -0.118. The maximum absolute atomic E-state index is 14.0. The number of carbonyl (C=O) groups excluding carboxylic acids is 1. The van der Waals surface area contributed by atoms with Crippen LogP contribution in [0.3, 0.4) is 0 Å². The van der Waals surface area contributed by atoms with Crippen LogP contribution in [0.15, 0.2) is 48.9 Å². The molecule has 0 radical (unpaired) electrons. The molecule has 6 nitrogen and oxygen atoms in total. The number of nitrogens with one attached hydrogen (secondary N) is 1. The third-order valence-electron chi connectivity index (χ3n) is 4.20. The van der Waals surface area contributed by atoms with Gasteiger partial charge >= 0.3 is 0 Å². The van der Waals surface area contributed by atoms with Crippen LogP contribution in [0.1, 0.15) is 18.5 Å². The van der Waals surface area contributed by atoms with Crippen molar-refractivity contribution in [3.63, 3.8) is 0 Å². The number of aromatic nitrogens is 4. The monoisotopic (exact) mass is 341 g/mol. The minimum absolute atomic E-state index is 0.156. The standard InChI is InChI=1S/C17H13F2N5O/c18-12-2-1-7-21-15(12)17(5-6-17)16(25)22-14-4-9-24(23-14)11-3-8-20-13(19)10-11/h1-4,7-10H,5-6H2,(H,22,23,25). The van der Waals surface area contributed by atoms with Crippen LogP contribution in [0.25, 0.3) is 5.69 Å². The molecule has 3 aromatic rings. The molecule has 0 aromatic carbocycles. The number of hydrogen-bond donors (Lipinski definition) is 1. The largest absolute Gasteiger partial charge is 0.308 e. The number of carbonyl (C=O) groups is 1. The maximum atomic E-state index is 14.0. The second kappa shape index (κ2) is 5.73. The number of hydrogen-bond acceptors (Lipinski definition) is 4. The molecule has 4 rings (SSSR count). The summed E-state index contributed by atoms with van der Waals surface area (Å²) >= 11 is 0. The fourth-order valence-electron chi connectivity index (χ4n) is 2.74. The lowest BCUT2D eigenvalue weighted by Gasteiger charge is -2.14. The van der Waals surface area contributed by atoms with Gasteiger partial charge in [-0.2, -0.15) is 9.49 Å². The highest BCUT2D eigenvalue weighted by molar-refractivity contribution is 6.00. The molecule has 0 bridgehead atoms. The van der Waals surface area contributed by atoms with Crippen molar-refractivity contribution in [1.29, 1.82) is 0 Å². The van der Waals surface area contributed by atoms with Gasteiger partial charge in [-0.15, -0.1) is 0 Å². The van der Waals surface area contributed by atoms with Crippen molar-refractivity contribution in [2.75, 3.05) is 5.32 Å². The van der Waals surface area contributed by atoms with E-state index in [1.54, 1.807) is 18.3 Å². The molecule has 0 atom stereocenters. The van der Waals surface area contributed by atoms with Gasteiger partial charge in [-0.25, -0.2) is 14.1 Å². The number of amides is 1. The van der Waals surface area contributed by atoms with Crippen LogP contribution < -0.4 is 5.32 Å². The van der Waals surface area contributed by atoms with Gasteiger partial charge in [0, 0.05) is 30.7 Å². The minimum Gasteiger partial charge on any atom is -0.308 e. The van der Waals surface area contributed by atoms with Gasteiger partial charge < -0.3 is 5.32 Å². The molecule has 126 valence electrons. The zero-order chi connectivity index (χ0) is 17.4. The molecule has 1 amide bonds. The van der Waals surface area contributed by atoms with Crippen LogP contribution in [0.5, 0.6) is 0 Å². The van der Waals surface area contributed by atoms with Crippen molar-refractivity contribution >= 4 is 11.7 Å².